The van der Waals surface area contributed by atoms with Crippen LogP contribution in [0.4, 0.5) is 4.39 Å². The Morgan fingerprint density at radius 1 is 1.26 bits per heavy atom. The minimum atomic E-state index is -0.402. The molecule has 0 aromatic heterocycles. The highest BCUT2D eigenvalue weighted by Crippen LogP contribution is 2.21. The maximum Gasteiger partial charge on any atom is 0.131 e. The van der Waals surface area contributed by atoms with Crippen LogP contribution in [0.15, 0.2) is 47.6 Å². The van der Waals surface area contributed by atoms with Crippen molar-refractivity contribution in [1.29, 1.82) is 0 Å². The van der Waals surface area contributed by atoms with Crippen LogP contribution >= 0.6 is 11.6 Å². The predicted molar refractivity (Wildman–Crippen MR) is 71.6 cm³/mol. The fourth-order valence-electron chi connectivity index (χ4n) is 1.58. The van der Waals surface area contributed by atoms with Crippen molar-refractivity contribution in [3.05, 3.63) is 64.4 Å². The van der Waals surface area contributed by atoms with Crippen molar-refractivity contribution in [3.63, 3.8) is 0 Å². The van der Waals surface area contributed by atoms with Gasteiger partial charge < -0.3 is 9.94 Å². The van der Waals surface area contributed by atoms with Crippen LogP contribution in [-0.4, -0.2) is 11.4 Å². The summed E-state index contributed by atoms with van der Waals surface area (Å²) in [6, 6.07) is 11.4. The summed E-state index contributed by atoms with van der Waals surface area (Å²) in [6.07, 6.45) is 1.28. The maximum atomic E-state index is 13.5. The Bertz CT molecular complexity index is 581. The maximum absolute atomic E-state index is 13.5. The molecule has 0 saturated carbocycles. The summed E-state index contributed by atoms with van der Waals surface area (Å²) in [5, 5.41) is 11.7. The van der Waals surface area contributed by atoms with Gasteiger partial charge in [0, 0.05) is 5.56 Å². The summed E-state index contributed by atoms with van der Waals surface area (Å²) < 4.78 is 19.0. The summed E-state index contributed by atoms with van der Waals surface area (Å²) in [7, 11) is 0. The lowest BCUT2D eigenvalue weighted by Crippen LogP contribution is -1.99. The molecule has 2 aromatic rings. The molecule has 98 valence electrons. The molecular formula is C14H11ClFNO2. The lowest BCUT2D eigenvalue weighted by Gasteiger charge is -2.09. The summed E-state index contributed by atoms with van der Waals surface area (Å²) >= 11 is 5.90. The number of hydrogen-bond donors (Lipinski definition) is 1. The van der Waals surface area contributed by atoms with Gasteiger partial charge >= 0.3 is 0 Å². The van der Waals surface area contributed by atoms with Crippen molar-refractivity contribution < 1.29 is 14.3 Å². The Hall–Kier alpha value is -2.07. The van der Waals surface area contributed by atoms with E-state index in [2.05, 4.69) is 5.16 Å². The van der Waals surface area contributed by atoms with Crippen LogP contribution in [0.25, 0.3) is 0 Å². The van der Waals surface area contributed by atoms with Gasteiger partial charge in [0.25, 0.3) is 0 Å². The zero-order valence-corrected chi connectivity index (χ0v) is 10.6. The Morgan fingerprint density at radius 2 is 2.05 bits per heavy atom. The molecule has 0 aliphatic heterocycles. The molecule has 0 saturated heterocycles. The van der Waals surface area contributed by atoms with Gasteiger partial charge in [-0.1, -0.05) is 35.0 Å². The van der Waals surface area contributed by atoms with Crippen LogP contribution in [-0.2, 0) is 6.61 Å². The van der Waals surface area contributed by atoms with Gasteiger partial charge in [-0.3, -0.25) is 0 Å². The third-order valence-electron chi connectivity index (χ3n) is 2.51. The Morgan fingerprint density at radius 3 is 2.79 bits per heavy atom. The van der Waals surface area contributed by atoms with Crippen LogP contribution in [0.2, 0.25) is 5.02 Å². The molecule has 0 unspecified atom stereocenters. The van der Waals surface area contributed by atoms with E-state index in [0.717, 1.165) is 0 Å². The van der Waals surface area contributed by atoms with E-state index in [0.29, 0.717) is 21.9 Å². The van der Waals surface area contributed by atoms with E-state index in [1.54, 1.807) is 36.4 Å². The Labute approximate surface area is 114 Å². The van der Waals surface area contributed by atoms with Gasteiger partial charge in [0.05, 0.1) is 11.2 Å². The van der Waals surface area contributed by atoms with Gasteiger partial charge in [0.1, 0.15) is 18.2 Å². The van der Waals surface area contributed by atoms with E-state index in [1.165, 1.54) is 12.3 Å². The molecule has 0 heterocycles. The van der Waals surface area contributed by atoms with E-state index in [9.17, 15) is 4.39 Å². The number of oxime groups is 1. The number of hydrogen-bond acceptors (Lipinski definition) is 3. The fraction of sp³-hybridized carbons (Fsp3) is 0.0714. The summed E-state index contributed by atoms with van der Waals surface area (Å²) in [5.41, 5.74) is 0.991. The van der Waals surface area contributed by atoms with Crippen molar-refractivity contribution in [1.82, 2.24) is 0 Å². The lowest BCUT2D eigenvalue weighted by atomic mass is 10.2. The molecule has 0 atom stereocenters. The molecule has 0 aliphatic carbocycles. The second-order valence-corrected chi connectivity index (χ2v) is 4.21. The van der Waals surface area contributed by atoms with Gasteiger partial charge in [-0.05, 0) is 29.8 Å². The average Bonchev–Trinajstić information content (AvgIpc) is 2.39. The molecule has 2 rings (SSSR count). The van der Waals surface area contributed by atoms with E-state index in [-0.39, 0.29) is 6.61 Å². The molecule has 19 heavy (non-hydrogen) atoms. The van der Waals surface area contributed by atoms with E-state index in [4.69, 9.17) is 21.5 Å². The first-order valence-corrected chi connectivity index (χ1v) is 5.91. The van der Waals surface area contributed by atoms with Crippen LogP contribution in [0.5, 0.6) is 5.75 Å². The van der Waals surface area contributed by atoms with Crippen LogP contribution in [0.3, 0.4) is 0 Å². The van der Waals surface area contributed by atoms with Crippen molar-refractivity contribution in [2.75, 3.05) is 0 Å². The van der Waals surface area contributed by atoms with Crippen molar-refractivity contribution in [2.24, 2.45) is 5.16 Å². The second kappa shape index (κ2) is 6.20. The predicted octanol–water partition coefficient (Wildman–Crippen LogP) is 3.87. The monoisotopic (exact) mass is 279 g/mol. The topological polar surface area (TPSA) is 41.8 Å². The van der Waals surface area contributed by atoms with Crippen LogP contribution in [0.1, 0.15) is 11.1 Å². The van der Waals surface area contributed by atoms with Crippen LogP contribution < -0.4 is 4.74 Å². The van der Waals surface area contributed by atoms with E-state index in [1.807, 2.05) is 0 Å². The quantitative estimate of drug-likeness (QED) is 0.524. The zero-order chi connectivity index (χ0) is 13.7. The number of rotatable bonds is 4. The molecule has 3 nitrogen and oxygen atoms in total. The van der Waals surface area contributed by atoms with Gasteiger partial charge in [-0.2, -0.15) is 0 Å². The SMILES string of the molecule is ON=Cc1cccc(OCc2c(F)cccc2Cl)c1. The summed E-state index contributed by atoms with van der Waals surface area (Å²) in [5.74, 6) is 0.136. The molecular weight excluding hydrogens is 269 g/mol. The zero-order valence-electron chi connectivity index (χ0n) is 9.88. The van der Waals surface area contributed by atoms with Crippen molar-refractivity contribution >= 4 is 17.8 Å². The summed E-state index contributed by atoms with van der Waals surface area (Å²) in [6.45, 7) is 0.0330. The molecule has 1 N–H and O–H groups in total. The third kappa shape index (κ3) is 3.45. The molecule has 0 fully saturated rings. The number of halogens is 2. The molecule has 0 spiro atoms. The highest BCUT2D eigenvalue weighted by molar-refractivity contribution is 6.31. The van der Waals surface area contributed by atoms with E-state index < -0.39 is 5.82 Å². The van der Waals surface area contributed by atoms with Gasteiger partial charge in [-0.25, -0.2) is 4.39 Å². The minimum Gasteiger partial charge on any atom is -0.489 e. The Balaban J connectivity index is 2.12. The number of ether oxygens (including phenoxy) is 1. The first-order chi connectivity index (χ1) is 9.20. The third-order valence-corrected chi connectivity index (χ3v) is 2.86. The van der Waals surface area contributed by atoms with Crippen molar-refractivity contribution in [3.8, 4) is 5.75 Å². The van der Waals surface area contributed by atoms with Gasteiger partial charge in [0.15, 0.2) is 0 Å². The molecule has 5 heteroatoms. The number of nitrogens with zero attached hydrogens (tertiary/aromatic N) is 1. The summed E-state index contributed by atoms with van der Waals surface area (Å²) in [4.78, 5) is 0. The largest absolute Gasteiger partial charge is 0.489 e. The van der Waals surface area contributed by atoms with Gasteiger partial charge in [-0.15, -0.1) is 0 Å². The van der Waals surface area contributed by atoms with Crippen molar-refractivity contribution in [2.45, 2.75) is 6.61 Å². The standard InChI is InChI=1S/C14H11ClFNO2/c15-13-5-2-6-14(16)12(13)9-19-11-4-1-3-10(7-11)8-17-18/h1-8,18H,9H2. The molecule has 0 radical (unpaired) electrons. The molecule has 0 amide bonds. The normalized spacial score (nSPS) is 10.8. The average molecular weight is 280 g/mol. The molecule has 0 bridgehead atoms. The highest BCUT2D eigenvalue weighted by Gasteiger charge is 2.07. The highest BCUT2D eigenvalue weighted by atomic mass is 35.5. The number of benzene rings is 2. The fourth-order valence-corrected chi connectivity index (χ4v) is 1.79. The second-order valence-electron chi connectivity index (χ2n) is 3.81. The molecule has 0 aliphatic rings. The lowest BCUT2D eigenvalue weighted by molar-refractivity contribution is 0.300. The molecule has 2 aromatic carbocycles. The smallest absolute Gasteiger partial charge is 0.131 e. The first-order valence-electron chi connectivity index (χ1n) is 5.54. The van der Waals surface area contributed by atoms with Crippen LogP contribution in [0, 0.1) is 5.82 Å². The minimum absolute atomic E-state index is 0.0330. The Kier molecular flexibility index (Phi) is 4.36. The van der Waals surface area contributed by atoms with E-state index >= 15 is 0 Å². The first kappa shape index (κ1) is 13.4. The van der Waals surface area contributed by atoms with Gasteiger partial charge in [0.2, 0.25) is 0 Å².